The Bertz CT molecular complexity index is 1080. The van der Waals surface area contributed by atoms with E-state index in [1.807, 2.05) is 0 Å². The number of methoxy groups -OCH3 is 1. The molecular weight excluding hydrogens is 457 g/mol. The van der Waals surface area contributed by atoms with Crippen LogP contribution in [-0.2, 0) is 31.1 Å². The molecule has 1 unspecified atom stereocenters. The molecule has 10 heteroatoms. The van der Waals surface area contributed by atoms with Crippen molar-refractivity contribution in [3.8, 4) is 0 Å². The van der Waals surface area contributed by atoms with Gasteiger partial charge < -0.3 is 10.1 Å². The first kappa shape index (κ1) is 25.2. The molecular formula is C23H27F3N2O4S. The zero-order valence-corrected chi connectivity index (χ0v) is 19.2. The van der Waals surface area contributed by atoms with Crippen LogP contribution in [0.1, 0.15) is 43.7 Å². The van der Waals surface area contributed by atoms with E-state index in [0.29, 0.717) is 24.1 Å². The number of sulfonamides is 1. The third kappa shape index (κ3) is 5.74. The summed E-state index contributed by atoms with van der Waals surface area (Å²) in [7, 11) is -2.29. The van der Waals surface area contributed by atoms with E-state index in [1.165, 1.54) is 37.4 Å². The lowest BCUT2D eigenvalue weighted by Gasteiger charge is -2.29. The molecule has 0 aliphatic heterocycles. The van der Waals surface area contributed by atoms with E-state index in [-0.39, 0.29) is 11.5 Å². The number of hydrogen-bond acceptors (Lipinski definition) is 4. The first-order valence-electron chi connectivity index (χ1n) is 10.6. The molecule has 1 amide bonds. The number of hydrogen-bond donors (Lipinski definition) is 2. The topological polar surface area (TPSA) is 84.5 Å². The summed E-state index contributed by atoms with van der Waals surface area (Å²) in [5.41, 5.74) is -1.16. The summed E-state index contributed by atoms with van der Waals surface area (Å²) in [6, 6.07) is 10.1. The van der Waals surface area contributed by atoms with Crippen LogP contribution in [0, 0.1) is 0 Å². The Kier molecular flexibility index (Phi) is 7.50. The van der Waals surface area contributed by atoms with Crippen LogP contribution in [0.3, 0.4) is 0 Å². The highest BCUT2D eigenvalue weighted by atomic mass is 32.2. The summed E-state index contributed by atoms with van der Waals surface area (Å²) in [6.45, 7) is 1.88. The SMILES string of the molecule is COCC(C)NS(=O)(=O)c1ccc(NC(=O)C2(c3cccc(C(F)(F)F)c3)CCCC2)cc1. The second-order valence-electron chi connectivity index (χ2n) is 8.32. The number of carbonyl (C=O) groups is 1. The number of rotatable bonds is 8. The lowest BCUT2D eigenvalue weighted by Crippen LogP contribution is -2.38. The van der Waals surface area contributed by atoms with Crippen LogP contribution in [0.4, 0.5) is 18.9 Å². The van der Waals surface area contributed by atoms with Crippen LogP contribution in [0.25, 0.3) is 0 Å². The van der Waals surface area contributed by atoms with Crippen molar-refractivity contribution in [2.45, 2.75) is 55.1 Å². The Hall–Kier alpha value is -2.43. The molecule has 1 saturated carbocycles. The lowest BCUT2D eigenvalue weighted by molar-refractivity contribution is -0.137. The first-order valence-corrected chi connectivity index (χ1v) is 12.1. The molecule has 1 aliphatic rings. The number of anilines is 1. The first-order chi connectivity index (χ1) is 15.5. The Balaban J connectivity index is 1.81. The van der Waals surface area contributed by atoms with Gasteiger partial charge in [-0.2, -0.15) is 13.2 Å². The molecule has 2 N–H and O–H groups in total. The van der Waals surface area contributed by atoms with Crippen molar-refractivity contribution >= 4 is 21.6 Å². The van der Waals surface area contributed by atoms with Gasteiger partial charge in [0, 0.05) is 18.8 Å². The standard InChI is InChI=1S/C23H27F3N2O4S/c1-16(15-32-2)28-33(30,31)20-10-8-19(9-11-20)27-21(29)22(12-3-4-13-22)17-6-5-7-18(14-17)23(24,25)26/h5-11,14,16,28H,3-4,12-13,15H2,1-2H3,(H,27,29). The van der Waals surface area contributed by atoms with Crippen molar-refractivity contribution in [3.63, 3.8) is 0 Å². The van der Waals surface area contributed by atoms with Crippen molar-refractivity contribution in [1.82, 2.24) is 4.72 Å². The zero-order valence-electron chi connectivity index (χ0n) is 18.4. The van der Waals surface area contributed by atoms with Gasteiger partial charge in [0.1, 0.15) is 0 Å². The Labute approximate surface area is 191 Å². The normalized spacial score (nSPS) is 17.0. The van der Waals surface area contributed by atoms with Gasteiger partial charge in [-0.1, -0.05) is 31.0 Å². The van der Waals surface area contributed by atoms with Crippen LogP contribution in [0.5, 0.6) is 0 Å². The molecule has 2 aromatic rings. The number of alkyl halides is 3. The van der Waals surface area contributed by atoms with Gasteiger partial charge in [-0.25, -0.2) is 13.1 Å². The summed E-state index contributed by atoms with van der Waals surface area (Å²) in [6.07, 6.45) is -2.16. The Morgan fingerprint density at radius 1 is 1.12 bits per heavy atom. The highest BCUT2D eigenvalue weighted by molar-refractivity contribution is 7.89. The van der Waals surface area contributed by atoms with Crippen LogP contribution >= 0.6 is 0 Å². The maximum Gasteiger partial charge on any atom is 0.416 e. The van der Waals surface area contributed by atoms with Crippen LogP contribution < -0.4 is 10.0 Å². The van der Waals surface area contributed by atoms with Crippen LogP contribution in [-0.4, -0.2) is 34.1 Å². The van der Waals surface area contributed by atoms with E-state index in [9.17, 15) is 26.4 Å². The number of benzene rings is 2. The van der Waals surface area contributed by atoms with Gasteiger partial charge in [0.25, 0.3) is 0 Å². The average Bonchev–Trinajstić information content (AvgIpc) is 3.25. The number of nitrogens with one attached hydrogen (secondary N) is 2. The van der Waals surface area contributed by atoms with Gasteiger partial charge >= 0.3 is 6.18 Å². The second-order valence-corrected chi connectivity index (χ2v) is 10.0. The van der Waals surface area contributed by atoms with E-state index < -0.39 is 39.1 Å². The summed E-state index contributed by atoms with van der Waals surface area (Å²) in [5.74, 6) is -0.401. The van der Waals surface area contributed by atoms with Crippen molar-refractivity contribution in [2.24, 2.45) is 0 Å². The molecule has 1 fully saturated rings. The lowest BCUT2D eigenvalue weighted by atomic mass is 9.77. The molecule has 1 atom stereocenters. The zero-order chi connectivity index (χ0) is 24.3. The molecule has 2 aromatic carbocycles. The van der Waals surface area contributed by atoms with E-state index in [4.69, 9.17) is 4.74 Å². The van der Waals surface area contributed by atoms with Gasteiger partial charge in [0.15, 0.2) is 0 Å². The summed E-state index contributed by atoms with van der Waals surface area (Å²) < 4.78 is 72.0. The van der Waals surface area contributed by atoms with Gasteiger partial charge in [-0.05, 0) is 55.7 Å². The molecule has 0 radical (unpaired) electrons. The third-order valence-corrected chi connectivity index (χ3v) is 7.44. The van der Waals surface area contributed by atoms with Crippen molar-refractivity contribution < 1.29 is 31.1 Å². The molecule has 180 valence electrons. The maximum atomic E-state index is 13.3. The quantitative estimate of drug-likeness (QED) is 0.579. The predicted molar refractivity (Wildman–Crippen MR) is 118 cm³/mol. The fourth-order valence-corrected chi connectivity index (χ4v) is 5.43. The number of carbonyl (C=O) groups excluding carboxylic acids is 1. The largest absolute Gasteiger partial charge is 0.416 e. The fraction of sp³-hybridized carbons (Fsp3) is 0.435. The fourth-order valence-electron chi connectivity index (χ4n) is 4.20. The van der Waals surface area contributed by atoms with E-state index in [0.717, 1.165) is 25.0 Å². The minimum Gasteiger partial charge on any atom is -0.383 e. The van der Waals surface area contributed by atoms with Crippen molar-refractivity contribution in [3.05, 3.63) is 59.7 Å². The highest BCUT2D eigenvalue weighted by Crippen LogP contribution is 2.43. The number of ether oxygens (including phenoxy) is 1. The Morgan fingerprint density at radius 3 is 2.33 bits per heavy atom. The molecule has 0 bridgehead atoms. The second kappa shape index (κ2) is 9.82. The summed E-state index contributed by atoms with van der Waals surface area (Å²) in [5, 5.41) is 2.77. The van der Waals surface area contributed by atoms with Gasteiger partial charge in [-0.3, -0.25) is 4.79 Å². The molecule has 0 spiro atoms. The maximum absolute atomic E-state index is 13.3. The number of amides is 1. The summed E-state index contributed by atoms with van der Waals surface area (Å²) >= 11 is 0. The Morgan fingerprint density at radius 2 is 1.76 bits per heavy atom. The number of halogens is 3. The molecule has 0 heterocycles. The van der Waals surface area contributed by atoms with Crippen molar-refractivity contribution in [2.75, 3.05) is 19.0 Å². The minimum absolute atomic E-state index is 0.0249. The molecule has 33 heavy (non-hydrogen) atoms. The third-order valence-electron chi connectivity index (χ3n) is 5.83. The monoisotopic (exact) mass is 484 g/mol. The molecule has 0 saturated heterocycles. The minimum atomic E-state index is -4.50. The van der Waals surface area contributed by atoms with Gasteiger partial charge in [-0.15, -0.1) is 0 Å². The molecule has 1 aliphatic carbocycles. The predicted octanol–water partition coefficient (Wildman–Crippen LogP) is 4.47. The van der Waals surface area contributed by atoms with E-state index in [1.54, 1.807) is 13.0 Å². The van der Waals surface area contributed by atoms with Crippen LogP contribution in [0.2, 0.25) is 0 Å². The molecule has 3 rings (SSSR count). The highest BCUT2D eigenvalue weighted by Gasteiger charge is 2.44. The summed E-state index contributed by atoms with van der Waals surface area (Å²) in [4.78, 5) is 13.3. The van der Waals surface area contributed by atoms with Crippen LogP contribution in [0.15, 0.2) is 53.4 Å². The molecule has 6 nitrogen and oxygen atoms in total. The average molecular weight is 485 g/mol. The van der Waals surface area contributed by atoms with Gasteiger partial charge in [0.2, 0.25) is 15.9 Å². The van der Waals surface area contributed by atoms with Gasteiger partial charge in [0.05, 0.1) is 22.5 Å². The van der Waals surface area contributed by atoms with Crippen molar-refractivity contribution in [1.29, 1.82) is 0 Å². The van der Waals surface area contributed by atoms with E-state index >= 15 is 0 Å². The van der Waals surface area contributed by atoms with E-state index in [2.05, 4.69) is 10.0 Å². The smallest absolute Gasteiger partial charge is 0.383 e. The molecule has 0 aromatic heterocycles.